The zero-order chi connectivity index (χ0) is 22.2. The highest BCUT2D eigenvalue weighted by Crippen LogP contribution is 2.39. The van der Waals surface area contributed by atoms with Crippen LogP contribution in [0.4, 0.5) is 4.39 Å². The number of pyridine rings is 1. The molecule has 1 aliphatic heterocycles. The Hall–Kier alpha value is -3.13. The lowest BCUT2D eigenvalue weighted by Crippen LogP contribution is -2.32. The molecule has 8 heteroatoms. The van der Waals surface area contributed by atoms with Gasteiger partial charge in [-0.1, -0.05) is 19.9 Å². The summed E-state index contributed by atoms with van der Waals surface area (Å²) in [6.07, 6.45) is 3.51. The van der Waals surface area contributed by atoms with Gasteiger partial charge in [0.2, 0.25) is 0 Å². The van der Waals surface area contributed by atoms with Crippen LogP contribution in [-0.4, -0.2) is 48.6 Å². The number of aromatic nitrogens is 6. The van der Waals surface area contributed by atoms with E-state index < -0.39 is 0 Å². The van der Waals surface area contributed by atoms with E-state index in [0.29, 0.717) is 11.5 Å². The lowest BCUT2D eigenvalue weighted by atomic mass is 9.87. The SMILES string of the molecule is Cc1cc(-c2[nH]c3ccc(C4CCN(Cc5nnn[nH]5)CC4)cc3c2C(C)C)c(F)cn1. The van der Waals surface area contributed by atoms with Gasteiger partial charge in [-0.2, -0.15) is 0 Å². The molecule has 0 amide bonds. The molecule has 0 bridgehead atoms. The Bertz CT molecular complexity index is 1220. The van der Waals surface area contributed by atoms with Crippen LogP contribution in [0, 0.1) is 12.7 Å². The van der Waals surface area contributed by atoms with Crippen LogP contribution in [0.15, 0.2) is 30.5 Å². The van der Waals surface area contributed by atoms with Crippen molar-refractivity contribution < 1.29 is 4.39 Å². The van der Waals surface area contributed by atoms with E-state index in [1.807, 2.05) is 13.0 Å². The monoisotopic (exact) mass is 433 g/mol. The summed E-state index contributed by atoms with van der Waals surface area (Å²) < 4.78 is 14.7. The van der Waals surface area contributed by atoms with Crippen molar-refractivity contribution in [3.63, 3.8) is 0 Å². The molecule has 1 aromatic carbocycles. The average Bonchev–Trinajstić information content (AvgIpc) is 3.43. The second-order valence-electron chi connectivity index (χ2n) is 9.08. The van der Waals surface area contributed by atoms with Crippen LogP contribution < -0.4 is 0 Å². The van der Waals surface area contributed by atoms with Gasteiger partial charge in [0.1, 0.15) is 0 Å². The first kappa shape index (κ1) is 20.8. The minimum atomic E-state index is -0.293. The number of tetrazole rings is 1. The molecule has 1 saturated heterocycles. The van der Waals surface area contributed by atoms with Gasteiger partial charge in [-0.05, 0) is 84.4 Å². The number of likely N-dealkylation sites (tertiary alicyclic amines) is 1. The largest absolute Gasteiger partial charge is 0.354 e. The van der Waals surface area contributed by atoms with Crippen LogP contribution in [0.1, 0.15) is 61.2 Å². The molecule has 4 heterocycles. The summed E-state index contributed by atoms with van der Waals surface area (Å²) >= 11 is 0. The lowest BCUT2D eigenvalue weighted by Gasteiger charge is -2.31. The van der Waals surface area contributed by atoms with Gasteiger partial charge in [-0.3, -0.25) is 9.88 Å². The van der Waals surface area contributed by atoms with E-state index in [9.17, 15) is 4.39 Å². The maximum absolute atomic E-state index is 14.7. The molecule has 3 aromatic heterocycles. The number of nitrogens with one attached hydrogen (secondary N) is 2. The fourth-order valence-electron chi connectivity index (χ4n) is 4.91. The van der Waals surface area contributed by atoms with Gasteiger partial charge in [0.25, 0.3) is 0 Å². The smallest absolute Gasteiger partial charge is 0.162 e. The third kappa shape index (κ3) is 3.90. The summed E-state index contributed by atoms with van der Waals surface area (Å²) in [7, 11) is 0. The summed E-state index contributed by atoms with van der Waals surface area (Å²) in [5.41, 5.74) is 5.85. The van der Waals surface area contributed by atoms with Crippen LogP contribution in [0.25, 0.3) is 22.2 Å². The molecule has 32 heavy (non-hydrogen) atoms. The fraction of sp³-hybridized carbons (Fsp3) is 0.417. The number of piperidine rings is 1. The predicted octanol–water partition coefficient (Wildman–Crippen LogP) is 4.69. The summed E-state index contributed by atoms with van der Waals surface area (Å²) in [6, 6.07) is 8.52. The third-order valence-corrected chi connectivity index (χ3v) is 6.52. The Kier molecular flexibility index (Phi) is 5.46. The zero-order valence-electron chi connectivity index (χ0n) is 18.7. The average molecular weight is 434 g/mol. The van der Waals surface area contributed by atoms with Crippen LogP contribution >= 0.6 is 0 Å². The molecular formula is C24H28FN7. The third-order valence-electron chi connectivity index (χ3n) is 6.52. The van der Waals surface area contributed by atoms with E-state index in [-0.39, 0.29) is 11.7 Å². The Balaban J connectivity index is 1.44. The van der Waals surface area contributed by atoms with Crippen molar-refractivity contribution >= 4 is 10.9 Å². The highest BCUT2D eigenvalue weighted by Gasteiger charge is 2.24. The van der Waals surface area contributed by atoms with Crippen LogP contribution in [0.3, 0.4) is 0 Å². The first-order valence-electron chi connectivity index (χ1n) is 11.2. The molecule has 1 aliphatic rings. The van der Waals surface area contributed by atoms with Gasteiger partial charge in [0.15, 0.2) is 11.6 Å². The summed E-state index contributed by atoms with van der Waals surface area (Å²) in [4.78, 5) is 9.97. The first-order chi connectivity index (χ1) is 15.5. The second-order valence-corrected chi connectivity index (χ2v) is 9.08. The Labute approximate surface area is 186 Å². The van der Waals surface area contributed by atoms with E-state index in [1.54, 1.807) is 0 Å². The number of H-pyrrole nitrogens is 2. The zero-order valence-corrected chi connectivity index (χ0v) is 18.7. The molecule has 4 aromatic rings. The van der Waals surface area contributed by atoms with Crippen LogP contribution in [0.2, 0.25) is 0 Å². The summed E-state index contributed by atoms with van der Waals surface area (Å²) in [6.45, 7) is 9.02. The van der Waals surface area contributed by atoms with E-state index in [0.717, 1.165) is 55.2 Å². The van der Waals surface area contributed by atoms with Gasteiger partial charge in [-0.25, -0.2) is 9.49 Å². The molecule has 166 valence electrons. The number of aromatic amines is 2. The van der Waals surface area contributed by atoms with Crippen molar-refractivity contribution in [3.05, 3.63) is 58.9 Å². The number of halogens is 1. The lowest BCUT2D eigenvalue weighted by molar-refractivity contribution is 0.200. The molecule has 0 radical (unpaired) electrons. The molecule has 5 rings (SSSR count). The Morgan fingerprint density at radius 1 is 1.19 bits per heavy atom. The highest BCUT2D eigenvalue weighted by atomic mass is 19.1. The van der Waals surface area contributed by atoms with E-state index in [1.165, 1.54) is 22.7 Å². The number of nitrogens with zero attached hydrogens (tertiary/aromatic N) is 5. The maximum Gasteiger partial charge on any atom is 0.162 e. The van der Waals surface area contributed by atoms with Crippen molar-refractivity contribution in [1.82, 2.24) is 35.5 Å². The van der Waals surface area contributed by atoms with Crippen molar-refractivity contribution in [3.8, 4) is 11.3 Å². The van der Waals surface area contributed by atoms with Crippen molar-refractivity contribution in [2.75, 3.05) is 13.1 Å². The van der Waals surface area contributed by atoms with Crippen LogP contribution in [0.5, 0.6) is 0 Å². The number of benzene rings is 1. The molecule has 0 spiro atoms. The molecule has 0 aliphatic carbocycles. The molecule has 0 unspecified atom stereocenters. The van der Waals surface area contributed by atoms with Crippen molar-refractivity contribution in [2.45, 2.75) is 52.0 Å². The second kappa shape index (κ2) is 8.43. The number of hydrogen-bond acceptors (Lipinski definition) is 5. The summed E-state index contributed by atoms with van der Waals surface area (Å²) in [5, 5.41) is 15.3. The molecular weight excluding hydrogens is 405 g/mol. The van der Waals surface area contributed by atoms with Crippen molar-refractivity contribution in [2.24, 2.45) is 0 Å². The first-order valence-corrected chi connectivity index (χ1v) is 11.2. The van der Waals surface area contributed by atoms with E-state index in [4.69, 9.17) is 0 Å². The summed E-state index contributed by atoms with van der Waals surface area (Å²) in [5.74, 6) is 1.30. The van der Waals surface area contributed by atoms with Crippen molar-refractivity contribution in [1.29, 1.82) is 0 Å². The number of rotatable bonds is 5. The molecule has 7 nitrogen and oxygen atoms in total. The molecule has 1 fully saturated rings. The number of hydrogen-bond donors (Lipinski definition) is 2. The van der Waals surface area contributed by atoms with Gasteiger partial charge < -0.3 is 4.98 Å². The quantitative estimate of drug-likeness (QED) is 0.477. The normalized spacial score (nSPS) is 15.8. The van der Waals surface area contributed by atoms with Gasteiger partial charge in [-0.15, -0.1) is 5.10 Å². The molecule has 0 saturated carbocycles. The topological polar surface area (TPSA) is 86.4 Å². The standard InChI is InChI=1S/C24H28FN7/c1-14(2)23-19-11-17(16-6-8-32(9-7-16)13-22-28-30-31-29-22)4-5-21(19)27-24(23)18-10-15(3)26-12-20(18)25/h4-5,10-12,14,16,27H,6-9,13H2,1-3H3,(H,28,29,30,31). The Morgan fingerprint density at radius 3 is 2.72 bits per heavy atom. The van der Waals surface area contributed by atoms with Gasteiger partial charge in [0, 0.05) is 22.2 Å². The minimum Gasteiger partial charge on any atom is -0.354 e. The molecule has 2 N–H and O–H groups in total. The van der Waals surface area contributed by atoms with Gasteiger partial charge >= 0.3 is 0 Å². The maximum atomic E-state index is 14.7. The highest BCUT2D eigenvalue weighted by molar-refractivity contribution is 5.92. The van der Waals surface area contributed by atoms with Crippen LogP contribution in [-0.2, 0) is 6.54 Å². The fourth-order valence-corrected chi connectivity index (χ4v) is 4.91. The molecule has 0 atom stereocenters. The van der Waals surface area contributed by atoms with Gasteiger partial charge in [0.05, 0.1) is 18.4 Å². The predicted molar refractivity (Wildman–Crippen MR) is 122 cm³/mol. The number of aryl methyl sites for hydroxylation is 1. The minimum absolute atomic E-state index is 0.263. The van der Waals surface area contributed by atoms with E-state index in [2.05, 4.69) is 67.5 Å². The Morgan fingerprint density at radius 2 is 2.00 bits per heavy atom. The number of fused-ring (bicyclic) bond motifs is 1. The van der Waals surface area contributed by atoms with E-state index >= 15 is 0 Å².